The summed E-state index contributed by atoms with van der Waals surface area (Å²) < 4.78 is 1.89. The molecule has 0 amide bonds. The molecule has 4 heteroatoms. The van der Waals surface area contributed by atoms with Crippen LogP contribution in [0, 0.1) is 11.3 Å². The number of rotatable bonds is 5. The predicted octanol–water partition coefficient (Wildman–Crippen LogP) is 4.18. The van der Waals surface area contributed by atoms with Crippen LogP contribution >= 0.6 is 11.6 Å². The lowest BCUT2D eigenvalue weighted by Gasteiger charge is -2.30. The van der Waals surface area contributed by atoms with Crippen molar-refractivity contribution in [1.82, 2.24) is 14.8 Å². The molecule has 1 radical (unpaired) electrons. The SMILES string of the molecule is CC(C)(C)[C](CCc1ccc(Cl)cc1)Cn1cncn1. The molecule has 0 atom stereocenters. The molecule has 0 aliphatic carbocycles. The van der Waals surface area contributed by atoms with E-state index in [0.717, 1.165) is 24.4 Å². The van der Waals surface area contributed by atoms with Crippen molar-refractivity contribution in [2.24, 2.45) is 5.41 Å². The molecule has 0 spiro atoms. The van der Waals surface area contributed by atoms with Crippen molar-refractivity contribution in [1.29, 1.82) is 0 Å². The highest BCUT2D eigenvalue weighted by Gasteiger charge is 2.25. The maximum atomic E-state index is 5.92. The number of hydrogen-bond acceptors (Lipinski definition) is 2. The second-order valence-electron chi connectivity index (χ2n) is 6.07. The summed E-state index contributed by atoms with van der Waals surface area (Å²) in [6, 6.07) is 8.09. The van der Waals surface area contributed by atoms with Gasteiger partial charge in [-0.2, -0.15) is 5.10 Å². The number of aryl methyl sites for hydroxylation is 1. The Hall–Kier alpha value is -1.35. The summed E-state index contributed by atoms with van der Waals surface area (Å²) in [7, 11) is 0. The van der Waals surface area contributed by atoms with E-state index in [-0.39, 0.29) is 5.41 Å². The largest absolute Gasteiger partial charge is 0.252 e. The van der Waals surface area contributed by atoms with Crippen molar-refractivity contribution >= 4 is 11.6 Å². The van der Waals surface area contributed by atoms with Gasteiger partial charge in [0, 0.05) is 17.5 Å². The van der Waals surface area contributed by atoms with Gasteiger partial charge in [-0.3, -0.25) is 4.68 Å². The molecule has 0 unspecified atom stereocenters. The molecule has 0 N–H and O–H groups in total. The molecule has 0 saturated carbocycles. The van der Waals surface area contributed by atoms with Gasteiger partial charge in [-0.1, -0.05) is 44.5 Å². The van der Waals surface area contributed by atoms with E-state index < -0.39 is 0 Å². The Balaban J connectivity index is 1.99. The minimum Gasteiger partial charge on any atom is -0.252 e. The average Bonchev–Trinajstić information content (AvgIpc) is 2.88. The van der Waals surface area contributed by atoms with E-state index in [1.807, 2.05) is 16.8 Å². The Morgan fingerprint density at radius 3 is 2.45 bits per heavy atom. The molecule has 0 bridgehead atoms. The van der Waals surface area contributed by atoms with Crippen molar-refractivity contribution in [2.45, 2.75) is 40.2 Å². The van der Waals surface area contributed by atoms with Crippen LogP contribution in [0.1, 0.15) is 32.8 Å². The maximum Gasteiger partial charge on any atom is 0.137 e. The molecule has 0 aliphatic heterocycles. The highest BCUT2D eigenvalue weighted by atomic mass is 35.5. The van der Waals surface area contributed by atoms with Gasteiger partial charge in [-0.05, 0) is 36.0 Å². The van der Waals surface area contributed by atoms with E-state index in [2.05, 4.69) is 43.0 Å². The summed E-state index contributed by atoms with van der Waals surface area (Å²) in [6.45, 7) is 7.58. The first kappa shape index (κ1) is 15.0. The minimum atomic E-state index is 0.165. The summed E-state index contributed by atoms with van der Waals surface area (Å²) in [5.74, 6) is 1.47. The molecule has 2 aromatic rings. The fraction of sp³-hybridized carbons (Fsp3) is 0.438. The smallest absolute Gasteiger partial charge is 0.137 e. The summed E-state index contributed by atoms with van der Waals surface area (Å²) >= 11 is 5.92. The lowest BCUT2D eigenvalue weighted by Crippen LogP contribution is -2.24. The predicted molar refractivity (Wildman–Crippen MR) is 82.5 cm³/mol. The summed E-state index contributed by atoms with van der Waals surface area (Å²) in [5, 5.41) is 4.99. The fourth-order valence-corrected chi connectivity index (χ4v) is 2.27. The molecule has 0 fully saturated rings. The molecule has 1 aromatic heterocycles. The number of nitrogens with zero attached hydrogens (tertiary/aromatic N) is 3. The third-order valence-corrected chi connectivity index (χ3v) is 3.76. The Labute approximate surface area is 126 Å². The highest BCUT2D eigenvalue weighted by Crippen LogP contribution is 2.33. The third-order valence-electron chi connectivity index (χ3n) is 3.51. The first-order chi connectivity index (χ1) is 9.45. The molecule has 0 saturated heterocycles. The zero-order valence-corrected chi connectivity index (χ0v) is 13.1. The van der Waals surface area contributed by atoms with Crippen LogP contribution in [-0.4, -0.2) is 14.8 Å². The molecule has 107 valence electrons. The molecule has 2 rings (SSSR count). The molecular formula is C16H21ClN3. The first-order valence-electron chi connectivity index (χ1n) is 6.87. The van der Waals surface area contributed by atoms with E-state index in [1.165, 1.54) is 11.5 Å². The van der Waals surface area contributed by atoms with Crippen LogP contribution in [0.2, 0.25) is 5.02 Å². The highest BCUT2D eigenvalue weighted by molar-refractivity contribution is 6.30. The molecule has 3 nitrogen and oxygen atoms in total. The molecule has 0 aliphatic rings. The van der Waals surface area contributed by atoms with Crippen LogP contribution in [0.25, 0.3) is 0 Å². The van der Waals surface area contributed by atoms with E-state index in [1.54, 1.807) is 12.7 Å². The van der Waals surface area contributed by atoms with E-state index >= 15 is 0 Å². The monoisotopic (exact) mass is 290 g/mol. The Kier molecular flexibility index (Phi) is 4.81. The number of aromatic nitrogens is 3. The van der Waals surface area contributed by atoms with Crippen molar-refractivity contribution in [3.05, 3.63) is 53.4 Å². The van der Waals surface area contributed by atoms with E-state index in [0.29, 0.717) is 0 Å². The first-order valence-corrected chi connectivity index (χ1v) is 7.25. The van der Waals surface area contributed by atoms with Gasteiger partial charge in [-0.15, -0.1) is 0 Å². The maximum absolute atomic E-state index is 5.92. The fourth-order valence-electron chi connectivity index (χ4n) is 2.15. The lowest BCUT2D eigenvalue weighted by atomic mass is 9.77. The number of halogens is 1. The molecular weight excluding hydrogens is 270 g/mol. The summed E-state index contributed by atoms with van der Waals surface area (Å²) in [6.07, 6.45) is 5.43. The van der Waals surface area contributed by atoms with Crippen molar-refractivity contribution in [3.63, 3.8) is 0 Å². The molecule has 1 aromatic carbocycles. The van der Waals surface area contributed by atoms with Crippen LogP contribution < -0.4 is 0 Å². The molecule has 1 heterocycles. The van der Waals surface area contributed by atoms with Crippen LogP contribution in [0.5, 0.6) is 0 Å². The number of hydrogen-bond donors (Lipinski definition) is 0. The van der Waals surface area contributed by atoms with Crippen LogP contribution in [0.15, 0.2) is 36.9 Å². The minimum absolute atomic E-state index is 0.165. The van der Waals surface area contributed by atoms with Crippen LogP contribution in [0.4, 0.5) is 0 Å². The normalized spacial score (nSPS) is 12.1. The van der Waals surface area contributed by atoms with Gasteiger partial charge >= 0.3 is 0 Å². The second kappa shape index (κ2) is 6.40. The molecule has 20 heavy (non-hydrogen) atoms. The zero-order valence-electron chi connectivity index (χ0n) is 12.3. The van der Waals surface area contributed by atoms with Gasteiger partial charge in [0.25, 0.3) is 0 Å². The Morgan fingerprint density at radius 1 is 1.20 bits per heavy atom. The lowest BCUT2D eigenvalue weighted by molar-refractivity contribution is 0.359. The van der Waals surface area contributed by atoms with E-state index in [4.69, 9.17) is 11.6 Å². The Bertz CT molecular complexity index is 512. The van der Waals surface area contributed by atoms with Crippen LogP contribution in [0.3, 0.4) is 0 Å². The van der Waals surface area contributed by atoms with Crippen molar-refractivity contribution in [3.8, 4) is 0 Å². The second-order valence-corrected chi connectivity index (χ2v) is 6.51. The van der Waals surface area contributed by atoms with Gasteiger partial charge < -0.3 is 0 Å². The van der Waals surface area contributed by atoms with Gasteiger partial charge in [0.15, 0.2) is 0 Å². The van der Waals surface area contributed by atoms with Gasteiger partial charge in [0.05, 0.1) is 0 Å². The van der Waals surface area contributed by atoms with Gasteiger partial charge in [0.1, 0.15) is 12.7 Å². The van der Waals surface area contributed by atoms with Gasteiger partial charge in [0.2, 0.25) is 0 Å². The topological polar surface area (TPSA) is 30.7 Å². The third kappa shape index (κ3) is 4.34. The van der Waals surface area contributed by atoms with Crippen molar-refractivity contribution < 1.29 is 0 Å². The average molecular weight is 291 g/mol. The van der Waals surface area contributed by atoms with E-state index in [9.17, 15) is 0 Å². The van der Waals surface area contributed by atoms with Crippen molar-refractivity contribution in [2.75, 3.05) is 0 Å². The standard InChI is InChI=1S/C16H21ClN3/c1-16(2,3)14(10-20-12-18-11-19-20)7-4-13-5-8-15(17)9-6-13/h5-6,8-9,11-12H,4,7,10H2,1-3H3. The number of benzene rings is 1. The summed E-state index contributed by atoms with van der Waals surface area (Å²) in [5.41, 5.74) is 1.48. The summed E-state index contributed by atoms with van der Waals surface area (Å²) in [4.78, 5) is 4.01. The Morgan fingerprint density at radius 2 is 1.90 bits per heavy atom. The quantitative estimate of drug-likeness (QED) is 0.827. The van der Waals surface area contributed by atoms with Crippen LogP contribution in [-0.2, 0) is 13.0 Å². The zero-order chi connectivity index (χ0) is 14.6. The van der Waals surface area contributed by atoms with Gasteiger partial charge in [-0.25, -0.2) is 4.98 Å².